The molecule has 5 nitrogen and oxygen atoms in total. The Morgan fingerprint density at radius 1 is 0.350 bits per heavy atom. The molecular weight excluding hydrogens is 741 g/mol. The lowest BCUT2D eigenvalue weighted by atomic mass is 10.1. The van der Waals surface area contributed by atoms with Gasteiger partial charge >= 0.3 is 11.9 Å². The molecule has 0 amide bonds. The van der Waals surface area contributed by atoms with Gasteiger partial charge in [-0.25, -0.2) is 0 Å². The van der Waals surface area contributed by atoms with Crippen molar-refractivity contribution in [1.29, 1.82) is 0 Å². The minimum absolute atomic E-state index is 0.0818. The summed E-state index contributed by atoms with van der Waals surface area (Å²) < 4.78 is 17.4. The summed E-state index contributed by atoms with van der Waals surface area (Å²) in [6.45, 7) is 7.79. The smallest absolute Gasteiger partial charge is 0.306 e. The van der Waals surface area contributed by atoms with Gasteiger partial charge in [0.15, 0.2) is 6.10 Å². The standard InChI is InChI=1S/C55H102O5/c1-4-7-10-13-16-19-22-24-26-27-28-29-30-31-34-36-39-42-45-48-54(56)59-52-53(60-55(57)49-46-43-40-37-33-21-18-15-12-9-6-3)51-58-50-47-44-41-38-35-32-25-23-20-17-14-11-8-5-2/h15,18,20,23-24,26,53H,4-14,16-17,19,21-22,25,27-52H2,1-3H3/b18-15-,23-20-,26-24-. The second kappa shape index (κ2) is 51.5. The van der Waals surface area contributed by atoms with Crippen molar-refractivity contribution < 1.29 is 23.8 Å². The maximum absolute atomic E-state index is 12.8. The maximum atomic E-state index is 12.8. The summed E-state index contributed by atoms with van der Waals surface area (Å²) in [5.74, 6) is -0.403. The Morgan fingerprint density at radius 2 is 0.667 bits per heavy atom. The van der Waals surface area contributed by atoms with Gasteiger partial charge in [0.05, 0.1) is 6.61 Å². The van der Waals surface area contributed by atoms with E-state index in [1.165, 1.54) is 193 Å². The van der Waals surface area contributed by atoms with Crippen LogP contribution in [0.5, 0.6) is 0 Å². The average Bonchev–Trinajstić information content (AvgIpc) is 3.25. The fourth-order valence-electron chi connectivity index (χ4n) is 7.60. The Kier molecular flexibility index (Phi) is 49.9. The molecule has 0 radical (unpaired) electrons. The topological polar surface area (TPSA) is 61.8 Å². The van der Waals surface area contributed by atoms with Gasteiger partial charge in [0, 0.05) is 19.4 Å². The third kappa shape index (κ3) is 48.8. The zero-order valence-corrected chi connectivity index (χ0v) is 40.5. The van der Waals surface area contributed by atoms with E-state index >= 15 is 0 Å². The number of ether oxygens (including phenoxy) is 3. The van der Waals surface area contributed by atoms with Crippen molar-refractivity contribution in [3.63, 3.8) is 0 Å². The molecule has 352 valence electrons. The predicted octanol–water partition coefficient (Wildman–Crippen LogP) is 17.8. The van der Waals surface area contributed by atoms with E-state index in [0.29, 0.717) is 19.4 Å². The fourth-order valence-corrected chi connectivity index (χ4v) is 7.60. The summed E-state index contributed by atoms with van der Waals surface area (Å²) in [5.41, 5.74) is 0. The lowest BCUT2D eigenvalue weighted by Gasteiger charge is -2.18. The van der Waals surface area contributed by atoms with Gasteiger partial charge in [-0.1, -0.05) is 211 Å². The third-order valence-electron chi connectivity index (χ3n) is 11.6. The minimum atomic E-state index is -0.540. The zero-order valence-electron chi connectivity index (χ0n) is 40.5. The largest absolute Gasteiger partial charge is 0.462 e. The Bertz CT molecular complexity index is 955. The molecule has 0 aliphatic heterocycles. The lowest BCUT2D eigenvalue weighted by Crippen LogP contribution is -2.30. The highest BCUT2D eigenvalue weighted by Crippen LogP contribution is 2.15. The number of hydrogen-bond acceptors (Lipinski definition) is 5. The molecule has 0 aromatic heterocycles. The third-order valence-corrected chi connectivity index (χ3v) is 11.6. The number of rotatable bonds is 49. The second-order valence-corrected chi connectivity index (χ2v) is 17.8. The van der Waals surface area contributed by atoms with Gasteiger partial charge in [-0.3, -0.25) is 9.59 Å². The van der Waals surface area contributed by atoms with E-state index in [4.69, 9.17) is 14.2 Å². The molecule has 1 unspecified atom stereocenters. The number of carbonyl (C=O) groups is 2. The van der Waals surface area contributed by atoms with Gasteiger partial charge in [-0.15, -0.1) is 0 Å². The Labute approximate surface area is 374 Å². The van der Waals surface area contributed by atoms with Crippen LogP contribution in [0.1, 0.15) is 278 Å². The number of unbranched alkanes of at least 4 members (excludes halogenated alkanes) is 32. The summed E-state index contributed by atoms with van der Waals surface area (Å²) in [6, 6.07) is 0. The molecule has 0 aliphatic rings. The van der Waals surface area contributed by atoms with Crippen LogP contribution in [-0.2, 0) is 23.8 Å². The van der Waals surface area contributed by atoms with Crippen molar-refractivity contribution in [3.8, 4) is 0 Å². The number of esters is 2. The van der Waals surface area contributed by atoms with Crippen LogP contribution in [0.15, 0.2) is 36.5 Å². The highest BCUT2D eigenvalue weighted by Gasteiger charge is 2.17. The summed E-state index contributed by atoms with van der Waals surface area (Å²) in [5, 5.41) is 0. The first-order valence-corrected chi connectivity index (χ1v) is 26.5. The normalized spacial score (nSPS) is 12.4. The highest BCUT2D eigenvalue weighted by molar-refractivity contribution is 5.70. The van der Waals surface area contributed by atoms with Gasteiger partial charge < -0.3 is 14.2 Å². The molecule has 0 N–H and O–H groups in total. The van der Waals surface area contributed by atoms with E-state index in [9.17, 15) is 9.59 Å². The molecule has 0 saturated heterocycles. The van der Waals surface area contributed by atoms with E-state index < -0.39 is 6.10 Å². The number of allylic oxidation sites excluding steroid dienone is 6. The van der Waals surface area contributed by atoms with Crippen LogP contribution in [0.2, 0.25) is 0 Å². The molecule has 0 spiro atoms. The molecule has 0 heterocycles. The van der Waals surface area contributed by atoms with Crippen LogP contribution in [0, 0.1) is 0 Å². The van der Waals surface area contributed by atoms with E-state index in [2.05, 4.69) is 57.2 Å². The summed E-state index contributed by atoms with van der Waals surface area (Å²) in [7, 11) is 0. The summed E-state index contributed by atoms with van der Waals surface area (Å²) in [4.78, 5) is 25.4. The van der Waals surface area contributed by atoms with Crippen LogP contribution in [0.25, 0.3) is 0 Å². The molecule has 60 heavy (non-hydrogen) atoms. The van der Waals surface area contributed by atoms with E-state index in [-0.39, 0.29) is 25.2 Å². The molecule has 5 heteroatoms. The second-order valence-electron chi connectivity index (χ2n) is 17.8. The van der Waals surface area contributed by atoms with Gasteiger partial charge in [-0.05, 0) is 89.9 Å². The van der Waals surface area contributed by atoms with Gasteiger partial charge in [0.25, 0.3) is 0 Å². The van der Waals surface area contributed by atoms with Crippen LogP contribution >= 0.6 is 0 Å². The minimum Gasteiger partial charge on any atom is -0.462 e. The van der Waals surface area contributed by atoms with Crippen molar-refractivity contribution >= 4 is 11.9 Å². The Morgan fingerprint density at radius 3 is 1.08 bits per heavy atom. The summed E-state index contributed by atoms with van der Waals surface area (Å²) >= 11 is 0. The average molecular weight is 843 g/mol. The van der Waals surface area contributed by atoms with Gasteiger partial charge in [0.2, 0.25) is 0 Å². The predicted molar refractivity (Wildman–Crippen MR) is 261 cm³/mol. The van der Waals surface area contributed by atoms with Crippen LogP contribution in [0.4, 0.5) is 0 Å². The molecule has 0 aromatic rings. The van der Waals surface area contributed by atoms with Gasteiger partial charge in [-0.2, -0.15) is 0 Å². The van der Waals surface area contributed by atoms with E-state index in [1.807, 2.05) is 0 Å². The van der Waals surface area contributed by atoms with Crippen molar-refractivity contribution in [2.45, 2.75) is 284 Å². The van der Waals surface area contributed by atoms with Crippen LogP contribution in [0.3, 0.4) is 0 Å². The van der Waals surface area contributed by atoms with E-state index in [1.54, 1.807) is 0 Å². The fraction of sp³-hybridized carbons (Fsp3) is 0.855. The first-order valence-electron chi connectivity index (χ1n) is 26.5. The number of hydrogen-bond donors (Lipinski definition) is 0. The molecule has 0 fully saturated rings. The molecule has 0 aromatic carbocycles. The highest BCUT2D eigenvalue weighted by atomic mass is 16.6. The number of carbonyl (C=O) groups excluding carboxylic acids is 2. The van der Waals surface area contributed by atoms with Crippen LogP contribution in [-0.4, -0.2) is 37.9 Å². The Hall–Kier alpha value is -1.88. The van der Waals surface area contributed by atoms with Gasteiger partial charge in [0.1, 0.15) is 6.61 Å². The first kappa shape index (κ1) is 58.1. The SMILES string of the molecule is CCCC/C=C\CCCCCCCC(=O)OC(COCCCCCCCC/C=C\CCCCCC)COC(=O)CCCCCCCCCCC/C=C\CCCCCCCC. The van der Waals surface area contributed by atoms with Crippen molar-refractivity contribution in [2.24, 2.45) is 0 Å². The molecule has 0 aliphatic carbocycles. The zero-order chi connectivity index (χ0) is 43.5. The van der Waals surface area contributed by atoms with Crippen LogP contribution < -0.4 is 0 Å². The summed E-state index contributed by atoms with van der Waals surface area (Å²) in [6.07, 6.45) is 61.5. The maximum Gasteiger partial charge on any atom is 0.306 e. The quantitative estimate of drug-likeness (QED) is 0.0347. The first-order chi connectivity index (χ1) is 29.6. The molecular formula is C55H102O5. The van der Waals surface area contributed by atoms with E-state index in [0.717, 1.165) is 51.4 Å². The molecule has 0 rings (SSSR count). The van der Waals surface area contributed by atoms with Crippen molar-refractivity contribution in [1.82, 2.24) is 0 Å². The van der Waals surface area contributed by atoms with Crippen molar-refractivity contribution in [3.05, 3.63) is 36.5 Å². The monoisotopic (exact) mass is 843 g/mol. The molecule has 1 atom stereocenters. The van der Waals surface area contributed by atoms with Crippen molar-refractivity contribution in [2.75, 3.05) is 19.8 Å². The Balaban J connectivity index is 4.19. The molecule has 0 bridgehead atoms. The lowest BCUT2D eigenvalue weighted by molar-refractivity contribution is -0.163. The molecule has 0 saturated carbocycles.